The lowest BCUT2D eigenvalue weighted by Crippen LogP contribution is -2.14. The summed E-state index contributed by atoms with van der Waals surface area (Å²) in [6.07, 6.45) is 0. The van der Waals surface area contributed by atoms with Gasteiger partial charge in [0.15, 0.2) is 0 Å². The van der Waals surface area contributed by atoms with E-state index in [1.807, 2.05) is 31.2 Å². The smallest absolute Gasteiger partial charge is 0.138 e. The summed E-state index contributed by atoms with van der Waals surface area (Å²) in [5.41, 5.74) is 8.48. The van der Waals surface area contributed by atoms with Gasteiger partial charge in [-0.2, -0.15) is 0 Å². The number of amidine groups is 1. The zero-order valence-electron chi connectivity index (χ0n) is 13.0. The monoisotopic (exact) mass is 282 g/mol. The van der Waals surface area contributed by atoms with Gasteiger partial charge in [-0.25, -0.2) is 0 Å². The maximum absolute atomic E-state index is 7.66. The molecule has 21 heavy (non-hydrogen) atoms. The van der Waals surface area contributed by atoms with Crippen molar-refractivity contribution in [2.24, 2.45) is 5.73 Å². The van der Waals surface area contributed by atoms with Crippen LogP contribution in [0, 0.1) is 12.3 Å². The Bertz CT molecular complexity index is 669. The predicted octanol–water partition coefficient (Wildman–Crippen LogP) is 4.37. The molecular weight excluding hydrogens is 260 g/mol. The first-order valence-electron chi connectivity index (χ1n) is 7.01. The van der Waals surface area contributed by atoms with Crippen LogP contribution in [0.4, 0.5) is 0 Å². The van der Waals surface area contributed by atoms with Crippen molar-refractivity contribution >= 4 is 5.84 Å². The van der Waals surface area contributed by atoms with Gasteiger partial charge in [-0.1, -0.05) is 45.0 Å². The van der Waals surface area contributed by atoms with Gasteiger partial charge in [-0.05, 0) is 36.1 Å². The molecular formula is C18H22N2O. The van der Waals surface area contributed by atoms with Crippen molar-refractivity contribution in [2.75, 3.05) is 0 Å². The Kier molecular flexibility index (Phi) is 4.03. The lowest BCUT2D eigenvalue weighted by Gasteiger charge is -2.23. The Hall–Kier alpha value is -2.29. The van der Waals surface area contributed by atoms with E-state index >= 15 is 0 Å². The first-order chi connectivity index (χ1) is 9.79. The number of hydrogen-bond donors (Lipinski definition) is 2. The van der Waals surface area contributed by atoms with Crippen molar-refractivity contribution in [1.82, 2.24) is 0 Å². The molecule has 0 amide bonds. The molecule has 3 nitrogen and oxygen atoms in total. The van der Waals surface area contributed by atoms with Crippen LogP contribution in [0.25, 0.3) is 0 Å². The summed E-state index contributed by atoms with van der Waals surface area (Å²) in [6.45, 7) is 8.50. The molecule has 0 heterocycles. The molecule has 0 aliphatic carbocycles. The van der Waals surface area contributed by atoms with E-state index in [0.29, 0.717) is 11.3 Å². The van der Waals surface area contributed by atoms with Crippen LogP contribution in [0.3, 0.4) is 0 Å². The quantitative estimate of drug-likeness (QED) is 0.648. The molecule has 0 aromatic heterocycles. The number of ether oxygens (including phenoxy) is 1. The summed E-state index contributed by atoms with van der Waals surface area (Å²) < 4.78 is 6.09. The highest BCUT2D eigenvalue weighted by atomic mass is 16.5. The number of aryl methyl sites for hydroxylation is 1. The molecule has 0 bridgehead atoms. The van der Waals surface area contributed by atoms with Crippen LogP contribution < -0.4 is 10.5 Å². The van der Waals surface area contributed by atoms with Crippen molar-refractivity contribution in [3.63, 3.8) is 0 Å². The predicted molar refractivity (Wildman–Crippen MR) is 87.4 cm³/mol. The largest absolute Gasteiger partial charge is 0.456 e. The highest BCUT2D eigenvalue weighted by molar-refractivity contribution is 5.97. The van der Waals surface area contributed by atoms with Crippen LogP contribution in [0.2, 0.25) is 0 Å². The first-order valence-corrected chi connectivity index (χ1v) is 7.01. The zero-order chi connectivity index (χ0) is 15.6. The molecule has 110 valence electrons. The molecule has 0 unspecified atom stereocenters. The number of nitrogens with one attached hydrogen (secondary N) is 1. The minimum Gasteiger partial charge on any atom is -0.456 e. The lowest BCUT2D eigenvalue weighted by molar-refractivity contribution is 0.454. The molecule has 0 radical (unpaired) electrons. The maximum Gasteiger partial charge on any atom is 0.138 e. The second kappa shape index (κ2) is 5.60. The molecule has 3 N–H and O–H groups in total. The SMILES string of the molecule is Cc1ccc(C(C)(C)C)c(Oc2ccccc2C(=N)N)c1. The molecule has 0 saturated heterocycles. The van der Waals surface area contributed by atoms with Gasteiger partial charge < -0.3 is 10.5 Å². The fraction of sp³-hybridized carbons (Fsp3) is 0.278. The maximum atomic E-state index is 7.66. The van der Waals surface area contributed by atoms with Crippen molar-refractivity contribution in [2.45, 2.75) is 33.1 Å². The van der Waals surface area contributed by atoms with E-state index in [-0.39, 0.29) is 11.3 Å². The van der Waals surface area contributed by atoms with E-state index < -0.39 is 0 Å². The molecule has 0 atom stereocenters. The first kappa shape index (κ1) is 15.1. The molecule has 0 saturated carbocycles. The van der Waals surface area contributed by atoms with Crippen molar-refractivity contribution in [1.29, 1.82) is 5.41 Å². The third kappa shape index (κ3) is 3.43. The third-order valence-corrected chi connectivity index (χ3v) is 3.34. The van der Waals surface area contributed by atoms with Gasteiger partial charge in [0.2, 0.25) is 0 Å². The summed E-state index contributed by atoms with van der Waals surface area (Å²) in [5.74, 6) is 1.44. The van der Waals surface area contributed by atoms with E-state index in [0.717, 1.165) is 16.9 Å². The number of rotatable bonds is 3. The normalized spacial score (nSPS) is 11.2. The molecule has 0 aliphatic heterocycles. The highest BCUT2D eigenvalue weighted by Gasteiger charge is 2.20. The fourth-order valence-electron chi connectivity index (χ4n) is 2.23. The Morgan fingerprint density at radius 2 is 1.71 bits per heavy atom. The van der Waals surface area contributed by atoms with Crippen LogP contribution in [0.15, 0.2) is 42.5 Å². The van der Waals surface area contributed by atoms with Crippen LogP contribution >= 0.6 is 0 Å². The molecule has 0 fully saturated rings. The average molecular weight is 282 g/mol. The Balaban J connectivity index is 2.49. The van der Waals surface area contributed by atoms with Crippen molar-refractivity contribution < 1.29 is 4.74 Å². The van der Waals surface area contributed by atoms with E-state index in [1.165, 1.54) is 0 Å². The third-order valence-electron chi connectivity index (χ3n) is 3.34. The number of hydrogen-bond acceptors (Lipinski definition) is 2. The molecule has 0 aliphatic rings. The summed E-state index contributed by atoms with van der Waals surface area (Å²) in [5, 5.41) is 7.66. The standard InChI is InChI=1S/C18H22N2O/c1-12-9-10-14(18(2,3)4)16(11-12)21-15-8-6-5-7-13(15)17(19)20/h5-11H,1-4H3,(H3,19,20). The average Bonchev–Trinajstić information content (AvgIpc) is 2.37. The van der Waals surface area contributed by atoms with Gasteiger partial charge >= 0.3 is 0 Å². The second-order valence-electron chi connectivity index (χ2n) is 6.26. The summed E-state index contributed by atoms with van der Waals surface area (Å²) in [7, 11) is 0. The van der Waals surface area contributed by atoms with E-state index in [9.17, 15) is 0 Å². The molecule has 0 spiro atoms. The van der Waals surface area contributed by atoms with Crippen LogP contribution in [0.1, 0.15) is 37.5 Å². The zero-order valence-corrected chi connectivity index (χ0v) is 13.0. The number of benzene rings is 2. The van der Waals surface area contributed by atoms with Crippen LogP contribution in [0.5, 0.6) is 11.5 Å². The summed E-state index contributed by atoms with van der Waals surface area (Å²) in [4.78, 5) is 0. The number of nitrogen functional groups attached to an aromatic ring is 1. The van der Waals surface area contributed by atoms with Gasteiger partial charge in [0.1, 0.15) is 17.3 Å². The van der Waals surface area contributed by atoms with Gasteiger partial charge in [0.05, 0.1) is 5.56 Å². The van der Waals surface area contributed by atoms with Crippen molar-refractivity contribution in [3.8, 4) is 11.5 Å². The minimum atomic E-state index is -0.0196. The van der Waals surface area contributed by atoms with Gasteiger partial charge in [-0.15, -0.1) is 0 Å². The minimum absolute atomic E-state index is 0.00978. The number of para-hydroxylation sites is 1. The van der Waals surface area contributed by atoms with Gasteiger partial charge in [0, 0.05) is 5.56 Å². The van der Waals surface area contributed by atoms with Crippen LogP contribution in [-0.4, -0.2) is 5.84 Å². The summed E-state index contributed by atoms with van der Waals surface area (Å²) >= 11 is 0. The molecule has 2 rings (SSSR count). The van der Waals surface area contributed by atoms with E-state index in [2.05, 4.69) is 32.9 Å². The Morgan fingerprint density at radius 3 is 2.33 bits per heavy atom. The molecule has 2 aromatic carbocycles. The summed E-state index contributed by atoms with van der Waals surface area (Å²) in [6, 6.07) is 13.6. The van der Waals surface area contributed by atoms with E-state index in [4.69, 9.17) is 15.9 Å². The number of nitrogens with two attached hydrogens (primary N) is 1. The van der Waals surface area contributed by atoms with Crippen molar-refractivity contribution in [3.05, 3.63) is 59.2 Å². The lowest BCUT2D eigenvalue weighted by atomic mass is 9.86. The van der Waals surface area contributed by atoms with E-state index in [1.54, 1.807) is 6.07 Å². The van der Waals surface area contributed by atoms with Gasteiger partial charge in [0.25, 0.3) is 0 Å². The molecule has 3 heteroatoms. The van der Waals surface area contributed by atoms with Gasteiger partial charge in [-0.3, -0.25) is 5.41 Å². The fourth-order valence-corrected chi connectivity index (χ4v) is 2.23. The Morgan fingerprint density at radius 1 is 1.05 bits per heavy atom. The van der Waals surface area contributed by atoms with Crippen LogP contribution in [-0.2, 0) is 5.41 Å². The highest BCUT2D eigenvalue weighted by Crippen LogP contribution is 2.35. The topological polar surface area (TPSA) is 59.1 Å². The molecule has 2 aromatic rings. The second-order valence-corrected chi connectivity index (χ2v) is 6.26. The Labute approximate surface area is 126 Å².